The predicted molar refractivity (Wildman–Crippen MR) is 62.2 cm³/mol. The lowest BCUT2D eigenvalue weighted by molar-refractivity contribution is 0.418. The van der Waals surface area contributed by atoms with Crippen molar-refractivity contribution in [2.24, 2.45) is 17.0 Å². The van der Waals surface area contributed by atoms with Crippen molar-refractivity contribution in [3.8, 4) is 0 Å². The van der Waals surface area contributed by atoms with Crippen LogP contribution in [-0.4, -0.2) is 9.08 Å². The minimum Gasteiger partial charge on any atom is -0.277 e. The summed E-state index contributed by atoms with van der Waals surface area (Å²) < 4.78 is -0.319. The van der Waals surface area contributed by atoms with Crippen molar-refractivity contribution in [3.05, 3.63) is 0 Å². The molecule has 0 aromatic carbocycles. The third kappa shape index (κ3) is 3.19. The molecule has 0 aliphatic heterocycles. The molecule has 0 aromatic heterocycles. The second-order valence-electron chi connectivity index (χ2n) is 4.63. The lowest BCUT2D eigenvalue weighted by atomic mass is 9.94. The van der Waals surface area contributed by atoms with Crippen LogP contribution in [0, 0.1) is 11.8 Å². The molecule has 2 atom stereocenters. The summed E-state index contributed by atoms with van der Waals surface area (Å²) in [7, 11) is 0. The Morgan fingerprint density at radius 1 is 1.62 bits per heavy atom. The van der Waals surface area contributed by atoms with E-state index in [0.717, 1.165) is 12.8 Å². The van der Waals surface area contributed by atoms with Gasteiger partial charge >= 0.3 is 0 Å². The van der Waals surface area contributed by atoms with Crippen molar-refractivity contribution in [1.82, 2.24) is 0 Å². The first kappa shape index (κ1) is 12.0. The van der Waals surface area contributed by atoms with Gasteiger partial charge in [-0.15, -0.1) is 23.2 Å². The van der Waals surface area contributed by atoms with Gasteiger partial charge in [0.05, 0.1) is 0 Å². The quantitative estimate of drug-likeness (QED) is 0.602. The zero-order valence-corrected chi connectivity index (χ0v) is 10.6. The van der Waals surface area contributed by atoms with Crippen LogP contribution in [0.5, 0.6) is 0 Å². The molecule has 13 heavy (non-hydrogen) atoms. The molecule has 0 spiro atoms. The maximum absolute atomic E-state index is 6.00. The lowest BCUT2D eigenvalue weighted by Crippen LogP contribution is -2.22. The molecule has 0 amide bonds. The van der Waals surface area contributed by atoms with E-state index in [4.69, 9.17) is 28.3 Å². The number of rotatable bonds is 4. The first-order valence-electron chi connectivity index (χ1n) is 4.54. The van der Waals surface area contributed by atoms with E-state index in [0.29, 0.717) is 11.8 Å². The summed E-state index contributed by atoms with van der Waals surface area (Å²) in [5.41, 5.74) is 0. The topological polar surface area (TPSA) is 26.0 Å². The fourth-order valence-corrected chi connectivity index (χ4v) is 2.94. The van der Waals surface area contributed by atoms with Crippen LogP contribution in [0.3, 0.4) is 0 Å². The first-order chi connectivity index (χ1) is 5.78. The fourth-order valence-electron chi connectivity index (χ4n) is 1.82. The van der Waals surface area contributed by atoms with E-state index in [9.17, 15) is 0 Å². The zero-order valence-electron chi connectivity index (χ0n) is 8.31. The van der Waals surface area contributed by atoms with Crippen molar-refractivity contribution in [2.75, 3.05) is 0 Å². The zero-order chi connectivity index (χ0) is 10.3. The highest BCUT2D eigenvalue weighted by Crippen LogP contribution is 2.58. The van der Waals surface area contributed by atoms with E-state index in [-0.39, 0.29) is 4.75 Å². The van der Waals surface area contributed by atoms with Crippen LogP contribution in [0.15, 0.2) is 0 Å². The summed E-state index contributed by atoms with van der Waals surface area (Å²) in [6.45, 7) is 6.51. The maximum atomic E-state index is 6.00. The molecule has 0 heterocycles. The predicted octanol–water partition coefficient (Wildman–Crippen LogP) is 3.59. The second kappa shape index (κ2) is 3.80. The van der Waals surface area contributed by atoms with Gasteiger partial charge in [-0.1, -0.05) is 18.9 Å². The molecule has 4 heteroatoms. The fraction of sp³-hybridized carbons (Fsp3) is 1.00. The Bertz CT molecular complexity index is 194. The van der Waals surface area contributed by atoms with Gasteiger partial charge < -0.3 is 0 Å². The highest BCUT2D eigenvalue weighted by atomic mass is 35.5. The molecule has 0 radical (unpaired) electrons. The van der Waals surface area contributed by atoms with Gasteiger partial charge in [-0.2, -0.15) is 0 Å². The van der Waals surface area contributed by atoms with E-state index in [1.54, 1.807) is 0 Å². The summed E-state index contributed by atoms with van der Waals surface area (Å²) in [5, 5.41) is 5.59. The summed E-state index contributed by atoms with van der Waals surface area (Å²) >= 11 is 13.4. The minimum atomic E-state index is -0.450. The Balaban J connectivity index is 2.39. The van der Waals surface area contributed by atoms with Gasteiger partial charge in [0.15, 0.2) is 0 Å². The van der Waals surface area contributed by atoms with E-state index in [1.165, 1.54) is 11.9 Å². The van der Waals surface area contributed by atoms with E-state index in [2.05, 4.69) is 20.8 Å². The monoisotopic (exact) mass is 241 g/mol. The first-order valence-corrected chi connectivity index (χ1v) is 6.18. The van der Waals surface area contributed by atoms with Crippen LogP contribution in [0.25, 0.3) is 0 Å². The van der Waals surface area contributed by atoms with Crippen LogP contribution in [-0.2, 0) is 0 Å². The van der Waals surface area contributed by atoms with Crippen LogP contribution in [0.1, 0.15) is 33.6 Å². The smallest absolute Gasteiger partial charge is 0.121 e. The maximum Gasteiger partial charge on any atom is 0.121 e. The molecule has 1 saturated carbocycles. The van der Waals surface area contributed by atoms with Gasteiger partial charge in [0.1, 0.15) is 4.33 Å². The normalized spacial score (nSPS) is 28.6. The second-order valence-corrected chi connectivity index (χ2v) is 7.51. The third-order valence-corrected chi connectivity index (χ3v) is 4.37. The van der Waals surface area contributed by atoms with Crippen LogP contribution < -0.4 is 5.14 Å². The third-order valence-electron chi connectivity index (χ3n) is 2.69. The number of nitrogens with two attached hydrogens (primary N) is 1. The number of halogens is 2. The molecular formula is C9H17Cl2NS. The number of hydrogen-bond acceptors (Lipinski definition) is 2. The average molecular weight is 242 g/mol. The van der Waals surface area contributed by atoms with Crippen molar-refractivity contribution in [3.63, 3.8) is 0 Å². The molecule has 2 N–H and O–H groups in total. The van der Waals surface area contributed by atoms with Crippen molar-refractivity contribution in [1.29, 1.82) is 0 Å². The number of alkyl halides is 2. The highest BCUT2D eigenvalue weighted by molar-refractivity contribution is 7.98. The molecule has 1 aliphatic rings. The van der Waals surface area contributed by atoms with Gasteiger partial charge in [0.25, 0.3) is 0 Å². The van der Waals surface area contributed by atoms with Crippen molar-refractivity contribution >= 4 is 35.1 Å². The SMILES string of the molecule is C[C@H](CC(C)(C)SN)[C@H]1CC1(Cl)Cl. The van der Waals surface area contributed by atoms with E-state index >= 15 is 0 Å². The Morgan fingerprint density at radius 2 is 2.08 bits per heavy atom. The Hall–Kier alpha value is 0.890. The Kier molecular flexibility index (Phi) is 3.50. The van der Waals surface area contributed by atoms with Crippen molar-refractivity contribution < 1.29 is 0 Å². The van der Waals surface area contributed by atoms with Gasteiger partial charge in [0.2, 0.25) is 0 Å². The summed E-state index contributed by atoms with van der Waals surface area (Å²) in [4.78, 5) is 0. The number of hydrogen-bond donors (Lipinski definition) is 1. The van der Waals surface area contributed by atoms with E-state index < -0.39 is 4.33 Å². The highest BCUT2D eigenvalue weighted by Gasteiger charge is 2.54. The molecule has 0 bridgehead atoms. The van der Waals surface area contributed by atoms with Crippen LogP contribution in [0.4, 0.5) is 0 Å². The van der Waals surface area contributed by atoms with Gasteiger partial charge in [0, 0.05) is 4.75 Å². The molecule has 1 rings (SSSR count). The summed E-state index contributed by atoms with van der Waals surface area (Å²) in [6.07, 6.45) is 2.00. The van der Waals surface area contributed by atoms with Gasteiger partial charge in [-0.05, 0) is 38.5 Å². The van der Waals surface area contributed by atoms with Crippen molar-refractivity contribution in [2.45, 2.75) is 42.7 Å². The van der Waals surface area contributed by atoms with Crippen LogP contribution in [0.2, 0.25) is 0 Å². The molecule has 1 aliphatic carbocycles. The standard InChI is InChI=1S/C9H17Cl2NS/c1-6(4-8(2,3)13-12)7-5-9(7,10)11/h6-7H,4-5,12H2,1-3H3/t6-,7-/m1/s1. The Labute approximate surface area is 94.9 Å². The van der Waals surface area contributed by atoms with E-state index in [1.807, 2.05) is 0 Å². The average Bonchev–Trinajstić information content (AvgIpc) is 2.59. The van der Waals surface area contributed by atoms with Crippen LogP contribution >= 0.6 is 35.1 Å². The molecule has 78 valence electrons. The van der Waals surface area contributed by atoms with Gasteiger partial charge in [-0.25, -0.2) is 0 Å². The molecule has 0 aromatic rings. The molecule has 0 unspecified atom stereocenters. The molecule has 1 fully saturated rings. The summed E-state index contributed by atoms with van der Waals surface area (Å²) in [5.74, 6) is 1.02. The molecule has 1 nitrogen and oxygen atoms in total. The molecule has 0 saturated heterocycles. The molecular weight excluding hydrogens is 225 g/mol. The van der Waals surface area contributed by atoms with Gasteiger partial charge in [-0.3, -0.25) is 5.14 Å². The summed E-state index contributed by atoms with van der Waals surface area (Å²) in [6, 6.07) is 0. The largest absolute Gasteiger partial charge is 0.277 e. The Morgan fingerprint density at radius 3 is 2.38 bits per heavy atom. The minimum absolute atomic E-state index is 0.131. The lowest BCUT2D eigenvalue weighted by Gasteiger charge is -2.25.